The minimum atomic E-state index is -4.64. The lowest BCUT2D eigenvalue weighted by Gasteiger charge is -2.33. The highest BCUT2D eigenvalue weighted by molar-refractivity contribution is 5.89. The molecule has 0 aliphatic heterocycles. The summed E-state index contributed by atoms with van der Waals surface area (Å²) >= 11 is 0. The number of hydrogen-bond donors (Lipinski definition) is 1. The fourth-order valence-electron chi connectivity index (χ4n) is 5.97. The van der Waals surface area contributed by atoms with Gasteiger partial charge in [0.05, 0.1) is 7.11 Å². The molecule has 1 fully saturated rings. The van der Waals surface area contributed by atoms with Gasteiger partial charge in [0.15, 0.2) is 5.69 Å². The van der Waals surface area contributed by atoms with Gasteiger partial charge in [-0.05, 0) is 73.9 Å². The Morgan fingerprint density at radius 3 is 2.33 bits per heavy atom. The first-order chi connectivity index (χ1) is 20.1. The molecule has 5 rings (SSSR count). The van der Waals surface area contributed by atoms with E-state index in [0.717, 1.165) is 30.4 Å². The maximum Gasteiger partial charge on any atom is 0.435 e. The Morgan fingerprint density at radius 2 is 1.69 bits per heavy atom. The number of alkyl halides is 3. The summed E-state index contributed by atoms with van der Waals surface area (Å²) < 4.78 is 61.7. The first-order valence-corrected chi connectivity index (χ1v) is 14.3. The van der Waals surface area contributed by atoms with E-state index in [0.29, 0.717) is 41.8 Å². The molecule has 1 heterocycles. The van der Waals surface area contributed by atoms with Gasteiger partial charge in [-0.3, -0.25) is 14.3 Å². The first-order valence-electron chi connectivity index (χ1n) is 14.3. The molecule has 1 unspecified atom stereocenters. The fourth-order valence-corrected chi connectivity index (χ4v) is 5.97. The zero-order chi connectivity index (χ0) is 29.9. The molecular formula is C31H34F4N4O3. The maximum absolute atomic E-state index is 14.1. The van der Waals surface area contributed by atoms with Gasteiger partial charge in [0.25, 0.3) is 0 Å². The summed E-state index contributed by atoms with van der Waals surface area (Å²) in [4.78, 5) is 29.4. The monoisotopic (exact) mass is 586 g/mol. The molecule has 0 radical (unpaired) electrons. The van der Waals surface area contributed by atoms with Crippen molar-refractivity contribution < 1.29 is 31.9 Å². The third-order valence-corrected chi connectivity index (χ3v) is 8.09. The molecule has 0 spiro atoms. The van der Waals surface area contributed by atoms with Crippen molar-refractivity contribution in [3.63, 3.8) is 0 Å². The van der Waals surface area contributed by atoms with Crippen LogP contribution in [0.25, 0.3) is 0 Å². The summed E-state index contributed by atoms with van der Waals surface area (Å²) in [5.74, 6) is -0.856. The van der Waals surface area contributed by atoms with Crippen LogP contribution < -0.4 is 10.1 Å². The highest BCUT2D eigenvalue weighted by Crippen LogP contribution is 2.36. The largest absolute Gasteiger partial charge is 0.497 e. The first kappa shape index (κ1) is 29.6. The number of hydrogen-bond acceptors (Lipinski definition) is 4. The van der Waals surface area contributed by atoms with E-state index in [4.69, 9.17) is 4.74 Å². The standard InChI is InChI=1S/C31H34F4N4O3/c1-42-24-16-12-21(13-17-24)28(30(41)36-23-6-2-3-7-23)38(18-20-10-14-22(32)15-11-20)27(40)19-39-26-9-5-4-8-25(26)29(37-39)31(33,34)35/h10-17,23,28H,2-9,18-19H2,1H3,(H,36,41). The van der Waals surface area contributed by atoms with E-state index in [1.165, 1.54) is 36.3 Å². The molecule has 7 nitrogen and oxygen atoms in total. The van der Waals surface area contributed by atoms with Crippen molar-refractivity contribution in [2.75, 3.05) is 7.11 Å². The number of nitrogens with zero attached hydrogens (tertiary/aromatic N) is 3. The average Bonchev–Trinajstić information content (AvgIpc) is 3.62. The van der Waals surface area contributed by atoms with Crippen molar-refractivity contribution in [2.45, 2.75) is 82.7 Å². The number of amides is 2. The van der Waals surface area contributed by atoms with E-state index < -0.39 is 36.2 Å². The Hall–Kier alpha value is -3.89. The van der Waals surface area contributed by atoms with Crippen LogP contribution in [0.5, 0.6) is 5.75 Å². The highest BCUT2D eigenvalue weighted by Gasteiger charge is 2.40. The number of aromatic nitrogens is 2. The molecule has 224 valence electrons. The molecule has 1 N–H and O–H groups in total. The molecule has 42 heavy (non-hydrogen) atoms. The van der Waals surface area contributed by atoms with E-state index >= 15 is 0 Å². The molecule has 0 bridgehead atoms. The molecule has 0 saturated heterocycles. The summed E-state index contributed by atoms with van der Waals surface area (Å²) in [6.45, 7) is -0.535. The number of methoxy groups -OCH3 is 1. The molecule has 11 heteroatoms. The van der Waals surface area contributed by atoms with Crippen molar-refractivity contribution >= 4 is 11.8 Å². The minimum absolute atomic E-state index is 0.0338. The van der Waals surface area contributed by atoms with Gasteiger partial charge in [-0.2, -0.15) is 18.3 Å². The number of benzene rings is 2. The zero-order valence-corrected chi connectivity index (χ0v) is 23.4. The molecule has 2 amide bonds. The van der Waals surface area contributed by atoms with Gasteiger partial charge < -0.3 is 15.0 Å². The maximum atomic E-state index is 14.1. The molecule has 1 atom stereocenters. The zero-order valence-electron chi connectivity index (χ0n) is 23.4. The van der Waals surface area contributed by atoms with Crippen LogP contribution in [-0.2, 0) is 41.7 Å². The van der Waals surface area contributed by atoms with E-state index in [-0.39, 0.29) is 30.5 Å². The van der Waals surface area contributed by atoms with Gasteiger partial charge >= 0.3 is 6.18 Å². The van der Waals surface area contributed by atoms with E-state index in [1.54, 1.807) is 24.3 Å². The molecule has 1 saturated carbocycles. The lowest BCUT2D eigenvalue weighted by Crippen LogP contribution is -2.46. The van der Waals surface area contributed by atoms with Crippen LogP contribution in [0, 0.1) is 5.82 Å². The van der Waals surface area contributed by atoms with E-state index in [1.807, 2.05) is 0 Å². The second-order valence-corrected chi connectivity index (χ2v) is 11.0. The van der Waals surface area contributed by atoms with E-state index in [2.05, 4.69) is 10.4 Å². The number of carbonyl (C=O) groups is 2. The number of carbonyl (C=O) groups excluding carboxylic acids is 2. The van der Waals surface area contributed by atoms with Crippen molar-refractivity contribution in [3.8, 4) is 5.75 Å². The Kier molecular flexibility index (Phi) is 8.84. The molecule has 2 aliphatic carbocycles. The van der Waals surface area contributed by atoms with Crippen LogP contribution in [0.4, 0.5) is 17.6 Å². The molecule has 3 aromatic rings. The summed E-state index contributed by atoms with van der Waals surface area (Å²) in [6.07, 6.45) is 0.929. The molecule has 2 aromatic carbocycles. The molecule has 1 aromatic heterocycles. The van der Waals surface area contributed by atoms with Crippen LogP contribution in [-0.4, -0.2) is 39.6 Å². The summed E-state index contributed by atoms with van der Waals surface area (Å²) in [6, 6.07) is 11.2. The quantitative estimate of drug-likeness (QED) is 0.324. The fraction of sp³-hybridized carbons (Fsp3) is 0.452. The number of halogens is 4. The summed E-state index contributed by atoms with van der Waals surface area (Å²) in [5, 5.41) is 6.94. The van der Waals surface area contributed by atoms with Crippen molar-refractivity contribution in [1.82, 2.24) is 20.0 Å². The van der Waals surface area contributed by atoms with Crippen molar-refractivity contribution in [1.29, 1.82) is 0 Å². The minimum Gasteiger partial charge on any atom is -0.497 e. The normalized spacial score (nSPS) is 16.1. The number of nitrogens with one attached hydrogen (secondary N) is 1. The lowest BCUT2D eigenvalue weighted by atomic mass is 9.95. The van der Waals surface area contributed by atoms with Gasteiger partial charge in [0.2, 0.25) is 11.8 Å². The number of fused-ring (bicyclic) bond motifs is 1. The summed E-state index contributed by atoms with van der Waals surface area (Å²) in [5.41, 5.74) is 0.661. The molecular weight excluding hydrogens is 552 g/mol. The second-order valence-electron chi connectivity index (χ2n) is 11.0. The van der Waals surface area contributed by atoms with Crippen LogP contribution in [0.15, 0.2) is 48.5 Å². The predicted molar refractivity (Wildman–Crippen MR) is 147 cm³/mol. The topological polar surface area (TPSA) is 76.5 Å². The third kappa shape index (κ3) is 6.60. The lowest BCUT2D eigenvalue weighted by molar-refractivity contribution is -0.144. The second kappa shape index (κ2) is 12.5. The van der Waals surface area contributed by atoms with Gasteiger partial charge in [-0.1, -0.05) is 37.1 Å². The predicted octanol–water partition coefficient (Wildman–Crippen LogP) is 5.76. The summed E-state index contributed by atoms with van der Waals surface area (Å²) in [7, 11) is 1.52. The van der Waals surface area contributed by atoms with Gasteiger partial charge in [-0.25, -0.2) is 4.39 Å². The Balaban J connectivity index is 1.54. The van der Waals surface area contributed by atoms with E-state index in [9.17, 15) is 27.2 Å². The van der Waals surface area contributed by atoms with Gasteiger partial charge in [0.1, 0.15) is 24.2 Å². The Bertz CT molecular complexity index is 1400. The average molecular weight is 587 g/mol. The van der Waals surface area contributed by atoms with Crippen molar-refractivity contribution in [2.24, 2.45) is 0 Å². The number of rotatable bonds is 9. The Morgan fingerprint density at radius 1 is 1.02 bits per heavy atom. The van der Waals surface area contributed by atoms with Crippen LogP contribution in [0.1, 0.15) is 72.6 Å². The highest BCUT2D eigenvalue weighted by atomic mass is 19.4. The Labute approximate surface area is 241 Å². The smallest absolute Gasteiger partial charge is 0.435 e. The van der Waals surface area contributed by atoms with Gasteiger partial charge in [-0.15, -0.1) is 0 Å². The van der Waals surface area contributed by atoms with Crippen LogP contribution in [0.3, 0.4) is 0 Å². The SMILES string of the molecule is COc1ccc(C(C(=O)NC2CCCC2)N(Cc2ccc(F)cc2)C(=O)Cn2nc(C(F)(F)F)c3c2CCCC3)cc1. The third-order valence-electron chi connectivity index (χ3n) is 8.09. The molecule has 2 aliphatic rings. The van der Waals surface area contributed by atoms with Crippen LogP contribution >= 0.6 is 0 Å². The van der Waals surface area contributed by atoms with Gasteiger partial charge in [0, 0.05) is 23.8 Å². The van der Waals surface area contributed by atoms with Crippen molar-refractivity contribution in [3.05, 3.63) is 82.4 Å². The number of ether oxygens (including phenoxy) is 1. The van der Waals surface area contributed by atoms with Crippen LogP contribution in [0.2, 0.25) is 0 Å².